The maximum atomic E-state index is 12.4. The number of aryl methyl sites for hydroxylation is 1. The van der Waals surface area contributed by atoms with E-state index >= 15 is 0 Å². The summed E-state index contributed by atoms with van der Waals surface area (Å²) in [5.41, 5.74) is 7.06. The molecular weight excluding hydrogens is 414 g/mol. The fourth-order valence-electron chi connectivity index (χ4n) is 3.18. The lowest BCUT2D eigenvalue weighted by molar-refractivity contribution is 0.0734. The van der Waals surface area contributed by atoms with Crippen LogP contribution < -0.4 is 10.2 Å². The number of ether oxygens (including phenoxy) is 1. The first kappa shape index (κ1) is 21.8. The minimum absolute atomic E-state index is 0.294. The maximum Gasteiger partial charge on any atom is 0.343 e. The molecule has 0 atom stereocenters. The van der Waals surface area contributed by atoms with Gasteiger partial charge in [-0.05, 0) is 92.2 Å². The highest BCUT2D eigenvalue weighted by Crippen LogP contribution is 2.16. The largest absolute Gasteiger partial charge is 0.423 e. The van der Waals surface area contributed by atoms with E-state index in [0.29, 0.717) is 22.6 Å². The van der Waals surface area contributed by atoms with Crippen molar-refractivity contribution < 1.29 is 14.3 Å². The molecule has 0 unspecified atom stereocenters. The van der Waals surface area contributed by atoms with Gasteiger partial charge in [0.25, 0.3) is 5.91 Å². The SMILES string of the molecule is CC(=NNC(=O)c1ccc(-n2cccc2)cc1)c1ccc(OC(=O)c2ccc(C)cc2)cc1. The Morgan fingerprint density at radius 2 is 1.36 bits per heavy atom. The molecule has 33 heavy (non-hydrogen) atoms. The Balaban J connectivity index is 1.36. The van der Waals surface area contributed by atoms with Gasteiger partial charge in [-0.15, -0.1) is 0 Å². The number of hydrogen-bond acceptors (Lipinski definition) is 4. The molecule has 0 fully saturated rings. The van der Waals surface area contributed by atoms with E-state index in [2.05, 4.69) is 10.5 Å². The maximum absolute atomic E-state index is 12.4. The summed E-state index contributed by atoms with van der Waals surface area (Å²) in [6, 6.07) is 25.3. The smallest absolute Gasteiger partial charge is 0.343 e. The van der Waals surface area contributed by atoms with Crippen molar-refractivity contribution in [2.75, 3.05) is 0 Å². The van der Waals surface area contributed by atoms with Gasteiger partial charge in [0.05, 0.1) is 11.3 Å². The average Bonchev–Trinajstić information content (AvgIpc) is 3.38. The molecule has 6 nitrogen and oxygen atoms in total. The van der Waals surface area contributed by atoms with Crippen LogP contribution in [0.5, 0.6) is 5.75 Å². The van der Waals surface area contributed by atoms with E-state index < -0.39 is 5.97 Å². The minimum atomic E-state index is -0.414. The molecule has 4 rings (SSSR count). The highest BCUT2D eigenvalue weighted by molar-refractivity contribution is 6.01. The van der Waals surface area contributed by atoms with Crippen LogP contribution in [0.15, 0.2) is 102 Å². The number of nitrogens with zero attached hydrogens (tertiary/aromatic N) is 2. The number of carbonyl (C=O) groups excluding carboxylic acids is 2. The van der Waals surface area contributed by atoms with E-state index in [-0.39, 0.29) is 5.91 Å². The van der Waals surface area contributed by atoms with Gasteiger partial charge >= 0.3 is 5.97 Å². The van der Waals surface area contributed by atoms with E-state index in [1.807, 2.05) is 60.3 Å². The number of hydrazone groups is 1. The number of aromatic nitrogens is 1. The van der Waals surface area contributed by atoms with Gasteiger partial charge in [0, 0.05) is 23.6 Å². The van der Waals surface area contributed by atoms with E-state index in [0.717, 1.165) is 16.8 Å². The molecule has 4 aromatic rings. The lowest BCUT2D eigenvalue weighted by Crippen LogP contribution is -2.19. The van der Waals surface area contributed by atoms with Gasteiger partial charge in [-0.3, -0.25) is 4.79 Å². The third kappa shape index (κ3) is 5.43. The number of rotatable bonds is 6. The van der Waals surface area contributed by atoms with Gasteiger partial charge in [0.2, 0.25) is 0 Å². The molecule has 3 aromatic carbocycles. The summed E-state index contributed by atoms with van der Waals surface area (Å²) in [5.74, 6) is -0.274. The van der Waals surface area contributed by atoms with Crippen LogP contribution in [-0.2, 0) is 0 Å². The third-order valence-electron chi connectivity index (χ3n) is 5.13. The monoisotopic (exact) mass is 437 g/mol. The topological polar surface area (TPSA) is 72.7 Å². The molecule has 1 N–H and O–H groups in total. The summed E-state index contributed by atoms with van der Waals surface area (Å²) in [6.07, 6.45) is 3.88. The summed E-state index contributed by atoms with van der Waals surface area (Å²) in [7, 11) is 0. The molecule has 1 heterocycles. The fraction of sp³-hybridized carbons (Fsp3) is 0.0741. The van der Waals surface area contributed by atoms with Crippen molar-refractivity contribution in [2.45, 2.75) is 13.8 Å². The lowest BCUT2D eigenvalue weighted by atomic mass is 10.1. The molecule has 0 bridgehead atoms. The van der Waals surface area contributed by atoms with Gasteiger partial charge in [0.15, 0.2) is 0 Å². The van der Waals surface area contributed by atoms with Crippen molar-refractivity contribution in [3.63, 3.8) is 0 Å². The van der Waals surface area contributed by atoms with Crippen LogP contribution in [0.25, 0.3) is 5.69 Å². The molecular formula is C27H23N3O3. The summed E-state index contributed by atoms with van der Waals surface area (Å²) >= 11 is 0. The van der Waals surface area contributed by atoms with E-state index in [1.165, 1.54) is 0 Å². The highest BCUT2D eigenvalue weighted by Gasteiger charge is 2.09. The number of nitrogens with one attached hydrogen (secondary N) is 1. The molecule has 1 aromatic heterocycles. The van der Waals surface area contributed by atoms with Gasteiger partial charge in [-0.25, -0.2) is 10.2 Å². The Morgan fingerprint density at radius 3 is 2.00 bits per heavy atom. The molecule has 0 saturated carbocycles. The molecule has 0 aliphatic heterocycles. The van der Waals surface area contributed by atoms with E-state index in [9.17, 15) is 9.59 Å². The molecule has 0 aliphatic rings. The van der Waals surface area contributed by atoms with Crippen molar-refractivity contribution >= 4 is 17.6 Å². The van der Waals surface area contributed by atoms with Gasteiger partial charge in [-0.1, -0.05) is 17.7 Å². The number of amides is 1. The molecule has 164 valence electrons. The summed E-state index contributed by atoms with van der Waals surface area (Å²) in [5, 5.41) is 4.19. The Kier molecular flexibility index (Phi) is 6.45. The lowest BCUT2D eigenvalue weighted by Gasteiger charge is -2.07. The van der Waals surface area contributed by atoms with Gasteiger partial charge in [-0.2, -0.15) is 5.10 Å². The molecule has 6 heteroatoms. The van der Waals surface area contributed by atoms with Crippen LogP contribution in [0.3, 0.4) is 0 Å². The quantitative estimate of drug-likeness (QED) is 0.196. The first-order valence-corrected chi connectivity index (χ1v) is 10.5. The van der Waals surface area contributed by atoms with Crippen molar-refractivity contribution in [2.24, 2.45) is 5.10 Å². The first-order chi connectivity index (χ1) is 16.0. The molecule has 0 saturated heterocycles. The van der Waals surface area contributed by atoms with Crippen LogP contribution in [-0.4, -0.2) is 22.2 Å². The molecule has 0 spiro atoms. The first-order valence-electron chi connectivity index (χ1n) is 10.5. The van der Waals surface area contributed by atoms with Crippen LogP contribution >= 0.6 is 0 Å². The second-order valence-corrected chi connectivity index (χ2v) is 7.56. The molecule has 0 aliphatic carbocycles. The normalized spacial score (nSPS) is 11.2. The van der Waals surface area contributed by atoms with Crippen LogP contribution in [0.1, 0.15) is 38.8 Å². The highest BCUT2D eigenvalue weighted by atomic mass is 16.5. The Hall–Kier alpha value is -4.45. The van der Waals surface area contributed by atoms with Crippen molar-refractivity contribution in [3.05, 3.63) is 120 Å². The third-order valence-corrected chi connectivity index (χ3v) is 5.13. The Bertz CT molecular complexity index is 1270. The minimum Gasteiger partial charge on any atom is -0.423 e. The van der Waals surface area contributed by atoms with Crippen molar-refractivity contribution in [1.29, 1.82) is 0 Å². The fourth-order valence-corrected chi connectivity index (χ4v) is 3.18. The van der Waals surface area contributed by atoms with Crippen molar-refractivity contribution in [1.82, 2.24) is 9.99 Å². The summed E-state index contributed by atoms with van der Waals surface area (Å²) < 4.78 is 7.38. The number of carbonyl (C=O) groups is 2. The van der Waals surface area contributed by atoms with E-state index in [1.54, 1.807) is 55.5 Å². The Labute approximate surface area is 192 Å². The van der Waals surface area contributed by atoms with Crippen LogP contribution in [0.2, 0.25) is 0 Å². The second-order valence-electron chi connectivity index (χ2n) is 7.56. The summed E-state index contributed by atoms with van der Waals surface area (Å²) in [6.45, 7) is 3.75. The summed E-state index contributed by atoms with van der Waals surface area (Å²) in [4.78, 5) is 24.7. The standard InChI is InChI=1S/C27H23N3O3/c1-19-5-7-23(8-6-19)27(32)33-25-15-11-21(12-16-25)20(2)28-29-26(31)22-9-13-24(14-10-22)30-17-3-4-18-30/h3-18H,1-2H3,(H,29,31). The van der Waals surface area contributed by atoms with Crippen LogP contribution in [0, 0.1) is 6.92 Å². The molecule has 1 amide bonds. The van der Waals surface area contributed by atoms with Gasteiger partial charge < -0.3 is 9.30 Å². The number of hydrogen-bond donors (Lipinski definition) is 1. The number of esters is 1. The predicted molar refractivity (Wildman–Crippen MR) is 128 cm³/mol. The zero-order valence-electron chi connectivity index (χ0n) is 18.4. The van der Waals surface area contributed by atoms with Crippen LogP contribution in [0.4, 0.5) is 0 Å². The molecule has 0 radical (unpaired) electrons. The van der Waals surface area contributed by atoms with Gasteiger partial charge in [0.1, 0.15) is 5.75 Å². The predicted octanol–water partition coefficient (Wildman–Crippen LogP) is 5.16. The van der Waals surface area contributed by atoms with E-state index in [4.69, 9.17) is 4.74 Å². The zero-order chi connectivity index (χ0) is 23.2. The number of benzene rings is 3. The Morgan fingerprint density at radius 1 is 0.788 bits per heavy atom. The average molecular weight is 437 g/mol. The zero-order valence-corrected chi connectivity index (χ0v) is 18.4. The second kappa shape index (κ2) is 9.78. The van der Waals surface area contributed by atoms with Crippen molar-refractivity contribution in [3.8, 4) is 11.4 Å².